The minimum atomic E-state index is -4.55. The largest absolute Gasteiger partial charge is 0.462 e. The monoisotopic (exact) mass is 396 g/mol. The van der Waals surface area contributed by atoms with Crippen LogP contribution in [0.5, 0.6) is 0 Å². The second-order valence-corrected chi connectivity index (χ2v) is 7.59. The molecule has 0 heterocycles. The van der Waals surface area contributed by atoms with Crippen LogP contribution in [-0.2, 0) is 19.6 Å². The normalized spacial score (nSPS) is 11.3. The summed E-state index contributed by atoms with van der Waals surface area (Å²) in [6, 6.07) is 9.27. The Hall–Kier alpha value is -3.01. The summed E-state index contributed by atoms with van der Waals surface area (Å²) in [4.78, 5) is 21.8. The van der Waals surface area contributed by atoms with Crippen LogP contribution in [-0.4, -0.2) is 32.0 Å². The van der Waals surface area contributed by atoms with Crippen LogP contribution in [0.15, 0.2) is 53.4 Å². The lowest BCUT2D eigenvalue weighted by atomic mass is 10.3. The highest BCUT2D eigenvalue weighted by molar-refractivity contribution is 7.93. The minimum Gasteiger partial charge on any atom is -0.462 e. The number of esters is 1. The predicted molar refractivity (Wildman–Crippen MR) is 95.3 cm³/mol. The molecule has 0 amide bonds. The van der Waals surface area contributed by atoms with Crippen LogP contribution < -0.4 is 4.31 Å². The number of ether oxygens (including phenoxy) is 1. The molecule has 0 aromatic heterocycles. The van der Waals surface area contributed by atoms with E-state index in [0.29, 0.717) is 4.31 Å². The quantitative estimate of drug-likeness (QED) is 0.405. The van der Waals surface area contributed by atoms with Crippen molar-refractivity contribution in [2.45, 2.75) is 24.8 Å². The fraction of sp³-hybridized carbons (Fsp3) is 0.235. The highest BCUT2D eigenvalue weighted by Crippen LogP contribution is 2.30. The van der Waals surface area contributed by atoms with Crippen LogP contribution >= 0.6 is 0 Å². The van der Waals surface area contributed by atoms with E-state index in [-0.39, 0.29) is 5.69 Å². The Balaban J connectivity index is 2.58. The Kier molecular flexibility index (Phi) is 6.11. The lowest BCUT2D eigenvalue weighted by Gasteiger charge is -2.24. The molecule has 2 aromatic carbocycles. The van der Waals surface area contributed by atoms with Crippen molar-refractivity contribution in [1.82, 2.24) is 0 Å². The maximum Gasteiger partial charge on any atom is 0.327 e. The van der Waals surface area contributed by atoms with E-state index in [1.165, 1.54) is 24.3 Å². The van der Waals surface area contributed by atoms with Crippen LogP contribution in [0, 0.1) is 15.9 Å². The molecule has 0 unspecified atom stereocenters. The molecular weight excluding hydrogens is 379 g/mol. The highest BCUT2D eigenvalue weighted by atomic mass is 32.2. The first-order chi connectivity index (χ1) is 12.6. The van der Waals surface area contributed by atoms with Crippen LogP contribution in [0.25, 0.3) is 0 Å². The average Bonchev–Trinajstić information content (AvgIpc) is 2.59. The molecule has 2 aromatic rings. The average molecular weight is 396 g/mol. The van der Waals surface area contributed by atoms with Gasteiger partial charge in [-0.2, -0.15) is 0 Å². The number of halogens is 1. The van der Waals surface area contributed by atoms with Crippen molar-refractivity contribution >= 4 is 27.4 Å². The van der Waals surface area contributed by atoms with Gasteiger partial charge in [-0.25, -0.2) is 12.8 Å². The molecular formula is C17H17FN2O6S. The number of sulfonamides is 1. The maximum atomic E-state index is 13.6. The zero-order valence-electron chi connectivity index (χ0n) is 14.5. The Bertz CT molecular complexity index is 961. The molecule has 0 bridgehead atoms. The molecule has 10 heteroatoms. The van der Waals surface area contributed by atoms with E-state index in [2.05, 4.69) is 0 Å². The van der Waals surface area contributed by atoms with Gasteiger partial charge in [0.05, 0.1) is 16.7 Å². The molecule has 144 valence electrons. The second kappa shape index (κ2) is 8.12. The van der Waals surface area contributed by atoms with Crippen molar-refractivity contribution in [2.75, 3.05) is 10.8 Å². The standard InChI is InChI=1S/C17H17FN2O6S/c1-12(2)26-17(21)11-19(14-7-5-6-13(18)10-14)27(24,25)16-9-4-3-8-15(16)20(22)23/h3-10,12H,11H2,1-2H3. The molecule has 0 saturated heterocycles. The van der Waals surface area contributed by atoms with Crippen molar-refractivity contribution in [2.24, 2.45) is 0 Å². The van der Waals surface area contributed by atoms with Gasteiger partial charge in [0.1, 0.15) is 12.4 Å². The molecule has 0 spiro atoms. The number of benzene rings is 2. The van der Waals surface area contributed by atoms with E-state index in [1.54, 1.807) is 13.8 Å². The van der Waals surface area contributed by atoms with Crippen molar-refractivity contribution in [3.05, 3.63) is 64.5 Å². The SMILES string of the molecule is CC(C)OC(=O)CN(c1cccc(F)c1)S(=O)(=O)c1ccccc1[N+](=O)[O-]. The van der Waals surface area contributed by atoms with E-state index in [1.807, 2.05) is 0 Å². The molecule has 2 rings (SSSR count). The van der Waals surface area contributed by atoms with E-state index in [4.69, 9.17) is 4.74 Å². The number of para-hydroxylation sites is 1. The summed E-state index contributed by atoms with van der Waals surface area (Å²) in [6.45, 7) is 2.40. The van der Waals surface area contributed by atoms with Crippen molar-refractivity contribution < 1.29 is 27.3 Å². The van der Waals surface area contributed by atoms with E-state index in [0.717, 1.165) is 24.3 Å². The highest BCUT2D eigenvalue weighted by Gasteiger charge is 2.33. The lowest BCUT2D eigenvalue weighted by molar-refractivity contribution is -0.387. The zero-order valence-corrected chi connectivity index (χ0v) is 15.3. The first-order valence-corrected chi connectivity index (χ1v) is 9.28. The number of hydrogen-bond acceptors (Lipinski definition) is 6. The van der Waals surface area contributed by atoms with E-state index in [9.17, 15) is 27.7 Å². The maximum absolute atomic E-state index is 13.6. The molecule has 27 heavy (non-hydrogen) atoms. The third-order valence-corrected chi connectivity index (χ3v) is 5.19. The van der Waals surface area contributed by atoms with Gasteiger partial charge in [0.2, 0.25) is 0 Å². The van der Waals surface area contributed by atoms with Crippen LogP contribution in [0.1, 0.15) is 13.8 Å². The van der Waals surface area contributed by atoms with Crippen molar-refractivity contribution in [3.8, 4) is 0 Å². The predicted octanol–water partition coefficient (Wildman–Crippen LogP) is 2.88. The van der Waals surface area contributed by atoms with Crippen molar-refractivity contribution in [3.63, 3.8) is 0 Å². The second-order valence-electron chi connectivity index (χ2n) is 5.76. The fourth-order valence-electron chi connectivity index (χ4n) is 2.31. The number of nitro benzene ring substituents is 1. The number of anilines is 1. The summed E-state index contributed by atoms with van der Waals surface area (Å²) in [6.07, 6.45) is -0.499. The molecule has 0 aliphatic carbocycles. The van der Waals surface area contributed by atoms with Gasteiger partial charge in [-0.1, -0.05) is 18.2 Å². The molecule has 0 aliphatic heterocycles. The topological polar surface area (TPSA) is 107 Å². The summed E-state index contributed by atoms with van der Waals surface area (Å²) in [5, 5.41) is 11.2. The number of rotatable bonds is 7. The summed E-state index contributed by atoms with van der Waals surface area (Å²) < 4.78 is 45.3. The smallest absolute Gasteiger partial charge is 0.327 e. The summed E-state index contributed by atoms with van der Waals surface area (Å²) in [5.41, 5.74) is -0.815. The van der Waals surface area contributed by atoms with Gasteiger partial charge < -0.3 is 4.74 Å². The zero-order chi connectivity index (χ0) is 20.2. The van der Waals surface area contributed by atoms with Crippen LogP contribution in [0.4, 0.5) is 15.8 Å². The van der Waals surface area contributed by atoms with E-state index < -0.39 is 50.0 Å². The molecule has 0 radical (unpaired) electrons. The Morgan fingerprint density at radius 2 is 1.89 bits per heavy atom. The molecule has 0 fully saturated rings. The number of carbonyl (C=O) groups is 1. The van der Waals surface area contributed by atoms with Gasteiger partial charge in [-0.15, -0.1) is 0 Å². The minimum absolute atomic E-state index is 0.158. The molecule has 8 nitrogen and oxygen atoms in total. The van der Waals surface area contributed by atoms with Gasteiger partial charge in [0.25, 0.3) is 15.7 Å². The number of nitro groups is 1. The number of hydrogen-bond donors (Lipinski definition) is 0. The van der Waals surface area contributed by atoms with Crippen LogP contribution in [0.2, 0.25) is 0 Å². The summed E-state index contributed by atoms with van der Waals surface area (Å²) in [5.74, 6) is -1.61. The Labute approximate surface area is 155 Å². The molecule has 0 atom stereocenters. The van der Waals surface area contributed by atoms with Crippen molar-refractivity contribution in [1.29, 1.82) is 0 Å². The van der Waals surface area contributed by atoms with Gasteiger partial charge in [0.15, 0.2) is 4.90 Å². The third-order valence-electron chi connectivity index (χ3n) is 3.37. The summed E-state index contributed by atoms with van der Waals surface area (Å²) in [7, 11) is -4.55. The van der Waals surface area contributed by atoms with Gasteiger partial charge >= 0.3 is 5.97 Å². The molecule has 0 saturated carbocycles. The molecule has 0 aliphatic rings. The molecule has 0 N–H and O–H groups in total. The first-order valence-electron chi connectivity index (χ1n) is 7.84. The van der Waals surface area contributed by atoms with E-state index >= 15 is 0 Å². The summed E-state index contributed by atoms with van der Waals surface area (Å²) >= 11 is 0. The van der Waals surface area contributed by atoms with Gasteiger partial charge in [-0.3, -0.25) is 19.2 Å². The van der Waals surface area contributed by atoms with Crippen LogP contribution in [0.3, 0.4) is 0 Å². The lowest BCUT2D eigenvalue weighted by Crippen LogP contribution is -2.37. The first kappa shape index (κ1) is 20.3. The fourth-order valence-corrected chi connectivity index (χ4v) is 3.87. The van der Waals surface area contributed by atoms with Gasteiger partial charge in [-0.05, 0) is 38.1 Å². The number of carbonyl (C=O) groups excluding carboxylic acids is 1. The third kappa shape index (κ3) is 4.79. The number of nitrogens with zero attached hydrogens (tertiary/aromatic N) is 2. The van der Waals surface area contributed by atoms with Gasteiger partial charge in [0, 0.05) is 6.07 Å². The Morgan fingerprint density at radius 3 is 2.48 bits per heavy atom. The Morgan fingerprint density at radius 1 is 1.22 bits per heavy atom.